The van der Waals surface area contributed by atoms with Crippen molar-refractivity contribution in [1.82, 2.24) is 0 Å². The molecule has 0 amide bonds. The minimum Gasteiger partial charge on any atom is -0.0533 e. The first-order chi connectivity index (χ1) is 11.5. The van der Waals surface area contributed by atoms with Crippen molar-refractivity contribution in [2.45, 2.75) is 148 Å². The topological polar surface area (TPSA) is 0 Å². The van der Waals surface area contributed by atoms with Gasteiger partial charge in [-0.15, -0.1) is 0 Å². The summed E-state index contributed by atoms with van der Waals surface area (Å²) in [6.07, 6.45) is 34.5. The Morgan fingerprint density at radius 3 is 0.174 bits per heavy atom. The van der Waals surface area contributed by atoms with E-state index in [0.29, 0.717) is 0 Å². The fourth-order valence-electron chi connectivity index (χ4n) is 4.07. The van der Waals surface area contributed by atoms with Crippen molar-refractivity contribution in [3.05, 3.63) is 0 Å². The fourth-order valence-corrected chi connectivity index (χ4v) is 4.07. The molecule has 0 heteroatoms. The molecule has 0 N–H and O–H groups in total. The largest absolute Gasteiger partial charge is 0.0533 e. The SMILES string of the molecule is C1CCCCCCCCCCCCCCCCCCCCCC1. The molecule has 0 aromatic heterocycles. The zero-order valence-corrected chi connectivity index (χ0v) is 16.3. The smallest absolute Gasteiger partial charge is 0.0533 e. The Morgan fingerprint density at radius 2 is 0.130 bits per heavy atom. The molecule has 0 aliphatic heterocycles. The van der Waals surface area contributed by atoms with Crippen molar-refractivity contribution in [2.24, 2.45) is 0 Å². The predicted molar refractivity (Wildman–Crippen MR) is 106 cm³/mol. The van der Waals surface area contributed by atoms with Gasteiger partial charge >= 0.3 is 0 Å². The van der Waals surface area contributed by atoms with Crippen molar-refractivity contribution in [2.75, 3.05) is 0 Å². The van der Waals surface area contributed by atoms with Gasteiger partial charge in [0, 0.05) is 0 Å². The summed E-state index contributed by atoms with van der Waals surface area (Å²) in [4.78, 5) is 0. The first-order valence-corrected chi connectivity index (χ1v) is 11.5. The molecule has 1 aliphatic carbocycles. The molecule has 1 fully saturated rings. The molecule has 0 spiro atoms. The van der Waals surface area contributed by atoms with Gasteiger partial charge in [0.2, 0.25) is 0 Å². The van der Waals surface area contributed by atoms with E-state index < -0.39 is 0 Å². The van der Waals surface area contributed by atoms with Gasteiger partial charge in [-0.1, -0.05) is 148 Å². The molecule has 0 aromatic carbocycles. The van der Waals surface area contributed by atoms with Crippen LogP contribution in [-0.2, 0) is 0 Å². The Bertz CT molecular complexity index is 104. The van der Waals surface area contributed by atoms with Crippen LogP contribution in [0, 0.1) is 0 Å². The van der Waals surface area contributed by atoms with Crippen molar-refractivity contribution in [3.8, 4) is 0 Å². The highest BCUT2D eigenvalue weighted by Gasteiger charge is 1.97. The van der Waals surface area contributed by atoms with E-state index in [-0.39, 0.29) is 0 Å². The van der Waals surface area contributed by atoms with Gasteiger partial charge in [-0.2, -0.15) is 0 Å². The minimum atomic E-state index is 1.50. The van der Waals surface area contributed by atoms with Gasteiger partial charge in [0.25, 0.3) is 0 Å². The summed E-state index contributed by atoms with van der Waals surface area (Å²) in [5.41, 5.74) is 0. The van der Waals surface area contributed by atoms with E-state index in [0.717, 1.165) is 0 Å². The van der Waals surface area contributed by atoms with Crippen LogP contribution in [0.25, 0.3) is 0 Å². The maximum Gasteiger partial charge on any atom is -0.0533 e. The zero-order valence-electron chi connectivity index (χ0n) is 16.3. The van der Waals surface area contributed by atoms with E-state index in [1.165, 1.54) is 148 Å². The molecule has 0 nitrogen and oxygen atoms in total. The summed E-state index contributed by atoms with van der Waals surface area (Å²) in [5, 5.41) is 0. The van der Waals surface area contributed by atoms with Crippen molar-refractivity contribution in [1.29, 1.82) is 0 Å². The second-order valence-electron chi connectivity index (χ2n) is 8.13. The second kappa shape index (κ2) is 18.3. The Hall–Kier alpha value is 0. The number of hydrogen-bond acceptors (Lipinski definition) is 0. The van der Waals surface area contributed by atoms with Crippen LogP contribution in [0.1, 0.15) is 148 Å². The maximum atomic E-state index is 1.50. The number of rotatable bonds is 0. The first-order valence-electron chi connectivity index (χ1n) is 11.5. The van der Waals surface area contributed by atoms with Gasteiger partial charge in [0.05, 0.1) is 0 Å². The van der Waals surface area contributed by atoms with E-state index in [1.54, 1.807) is 0 Å². The third-order valence-electron chi connectivity index (χ3n) is 5.75. The van der Waals surface area contributed by atoms with Crippen LogP contribution in [0.5, 0.6) is 0 Å². The van der Waals surface area contributed by atoms with Crippen molar-refractivity contribution >= 4 is 0 Å². The molecule has 1 saturated carbocycles. The summed E-state index contributed by atoms with van der Waals surface area (Å²) in [5.74, 6) is 0. The van der Waals surface area contributed by atoms with Crippen molar-refractivity contribution in [3.63, 3.8) is 0 Å². The Balaban J connectivity index is 2.00. The van der Waals surface area contributed by atoms with E-state index in [4.69, 9.17) is 0 Å². The molecule has 0 bridgehead atoms. The summed E-state index contributed by atoms with van der Waals surface area (Å²) in [6, 6.07) is 0. The van der Waals surface area contributed by atoms with Crippen LogP contribution in [-0.4, -0.2) is 0 Å². The van der Waals surface area contributed by atoms with Gasteiger partial charge in [0.15, 0.2) is 0 Å². The second-order valence-corrected chi connectivity index (χ2v) is 8.13. The normalized spacial score (nSPS) is 24.0. The molecular formula is C23H46. The molecule has 0 aromatic rings. The Labute approximate surface area is 148 Å². The third-order valence-corrected chi connectivity index (χ3v) is 5.75. The van der Waals surface area contributed by atoms with Crippen molar-refractivity contribution < 1.29 is 0 Å². The lowest BCUT2D eigenvalue weighted by atomic mass is 10.0. The summed E-state index contributed by atoms with van der Waals surface area (Å²) in [6.45, 7) is 0. The quantitative estimate of drug-likeness (QED) is 0.417. The molecule has 0 radical (unpaired) electrons. The lowest BCUT2D eigenvalue weighted by Crippen LogP contribution is -1.84. The third kappa shape index (κ3) is 16.6. The highest BCUT2D eigenvalue weighted by molar-refractivity contribution is 4.52. The molecule has 0 atom stereocenters. The van der Waals surface area contributed by atoms with Crippen LogP contribution in [0.3, 0.4) is 0 Å². The molecule has 23 heavy (non-hydrogen) atoms. The average molecular weight is 323 g/mol. The van der Waals surface area contributed by atoms with Gasteiger partial charge < -0.3 is 0 Å². The van der Waals surface area contributed by atoms with E-state index in [9.17, 15) is 0 Å². The lowest BCUT2D eigenvalue weighted by molar-refractivity contribution is 0.523. The predicted octanol–water partition coefficient (Wildman–Crippen LogP) is 8.97. The van der Waals surface area contributed by atoms with Crippen LogP contribution < -0.4 is 0 Å². The van der Waals surface area contributed by atoms with Crippen LogP contribution in [0.4, 0.5) is 0 Å². The fraction of sp³-hybridized carbons (Fsp3) is 1.00. The lowest BCUT2D eigenvalue weighted by Gasteiger charge is -2.03. The number of hydrogen-bond donors (Lipinski definition) is 0. The first kappa shape index (κ1) is 21.0. The van der Waals surface area contributed by atoms with Gasteiger partial charge in [-0.25, -0.2) is 0 Å². The van der Waals surface area contributed by atoms with Crippen LogP contribution in [0.15, 0.2) is 0 Å². The Kier molecular flexibility index (Phi) is 16.8. The van der Waals surface area contributed by atoms with Crippen LogP contribution >= 0.6 is 0 Å². The molecule has 0 saturated heterocycles. The highest BCUT2D eigenvalue weighted by Crippen LogP contribution is 2.16. The summed E-state index contributed by atoms with van der Waals surface area (Å²) >= 11 is 0. The molecule has 1 rings (SSSR count). The van der Waals surface area contributed by atoms with Crippen LogP contribution in [0.2, 0.25) is 0 Å². The maximum absolute atomic E-state index is 1.50. The Morgan fingerprint density at radius 1 is 0.0870 bits per heavy atom. The summed E-state index contributed by atoms with van der Waals surface area (Å²) in [7, 11) is 0. The molecule has 0 heterocycles. The molecule has 0 unspecified atom stereocenters. The van der Waals surface area contributed by atoms with Gasteiger partial charge in [-0.05, 0) is 0 Å². The van der Waals surface area contributed by atoms with Gasteiger partial charge in [-0.3, -0.25) is 0 Å². The van der Waals surface area contributed by atoms with Gasteiger partial charge in [0.1, 0.15) is 0 Å². The highest BCUT2D eigenvalue weighted by atomic mass is 14.0. The minimum absolute atomic E-state index is 1.50. The van der Waals surface area contributed by atoms with E-state index in [1.807, 2.05) is 0 Å². The standard InChI is InChI=1S/C23H46/c1-2-4-6-8-10-12-14-16-18-20-22-23-21-19-17-15-13-11-9-7-5-3-1/h1-23H2. The summed E-state index contributed by atoms with van der Waals surface area (Å²) < 4.78 is 0. The van der Waals surface area contributed by atoms with E-state index >= 15 is 0 Å². The monoisotopic (exact) mass is 322 g/mol. The zero-order chi connectivity index (χ0) is 16.3. The average Bonchev–Trinajstić information content (AvgIpc) is 2.56. The molecular weight excluding hydrogens is 276 g/mol. The van der Waals surface area contributed by atoms with E-state index in [2.05, 4.69) is 0 Å². The molecule has 1 aliphatic rings. The molecule has 138 valence electrons.